The van der Waals surface area contributed by atoms with E-state index < -0.39 is 0 Å². The molecule has 0 saturated heterocycles. The number of hydrogen-bond donors (Lipinski definition) is 1. The summed E-state index contributed by atoms with van der Waals surface area (Å²) in [5, 5.41) is 3.21. The van der Waals surface area contributed by atoms with Crippen molar-refractivity contribution < 1.29 is 0 Å². The summed E-state index contributed by atoms with van der Waals surface area (Å²) >= 11 is 0. The third-order valence-electron chi connectivity index (χ3n) is 2.54. The zero-order valence-electron chi connectivity index (χ0n) is 9.28. The number of aromatic amines is 1. The van der Waals surface area contributed by atoms with Gasteiger partial charge in [0.25, 0.3) is 0 Å². The lowest BCUT2D eigenvalue weighted by Gasteiger charge is -2.11. The fourth-order valence-corrected chi connectivity index (χ4v) is 1.52. The molecular weight excluding hydrogens is 190 g/mol. The van der Waals surface area contributed by atoms with Crippen molar-refractivity contribution in [3.63, 3.8) is 0 Å². The van der Waals surface area contributed by atoms with Gasteiger partial charge in [0.1, 0.15) is 17.5 Å². The van der Waals surface area contributed by atoms with E-state index in [0.29, 0.717) is 0 Å². The van der Waals surface area contributed by atoms with E-state index in [2.05, 4.69) is 23.2 Å². The maximum absolute atomic E-state index is 4.30. The minimum absolute atomic E-state index is 0.853. The van der Waals surface area contributed by atoms with E-state index >= 15 is 0 Å². The van der Waals surface area contributed by atoms with Crippen LogP contribution in [0.3, 0.4) is 0 Å². The average molecular weight is 205 g/mol. The number of nitrogens with one attached hydrogen (secondary N) is 1. The predicted octanol–water partition coefficient (Wildman–Crippen LogP) is 0.626. The molecule has 5 heteroatoms. The predicted molar refractivity (Wildman–Crippen MR) is 60.6 cm³/mol. The van der Waals surface area contributed by atoms with E-state index in [4.69, 9.17) is 0 Å². The van der Waals surface area contributed by atoms with Crippen LogP contribution >= 0.6 is 0 Å². The third kappa shape index (κ3) is 1.27. The Morgan fingerprint density at radius 2 is 2.13 bits per heavy atom. The van der Waals surface area contributed by atoms with Crippen LogP contribution in [0.5, 0.6) is 0 Å². The van der Waals surface area contributed by atoms with Gasteiger partial charge in [-0.2, -0.15) is 0 Å². The number of imidazole rings is 1. The number of H-pyrrole nitrogens is 1. The van der Waals surface area contributed by atoms with Crippen LogP contribution in [0.1, 0.15) is 12.6 Å². The van der Waals surface area contributed by atoms with Crippen molar-refractivity contribution in [1.82, 2.24) is 24.0 Å². The maximum atomic E-state index is 4.30. The molecule has 0 aliphatic carbocycles. The van der Waals surface area contributed by atoms with Gasteiger partial charge in [-0.15, -0.1) is 0 Å². The van der Waals surface area contributed by atoms with E-state index in [9.17, 15) is 0 Å². The van der Waals surface area contributed by atoms with Gasteiger partial charge in [0.05, 0.1) is 0 Å². The lowest BCUT2D eigenvalue weighted by Crippen LogP contribution is -2.32. The van der Waals surface area contributed by atoms with Crippen LogP contribution in [0.2, 0.25) is 0 Å². The summed E-state index contributed by atoms with van der Waals surface area (Å²) in [5.41, 5.74) is 3.57. The standard InChI is InChI=1S/C10H15N5/c1-7(2)9-10-12-14(5)13(4)8(3)15(10)6-11-9/h6,12H,1,3H2,2,4-5H3. The molecule has 2 heterocycles. The van der Waals surface area contributed by atoms with Gasteiger partial charge < -0.3 is 0 Å². The first-order chi connectivity index (χ1) is 7.02. The number of fused-ring (bicyclic) bond motifs is 1. The van der Waals surface area contributed by atoms with Gasteiger partial charge >= 0.3 is 0 Å². The highest BCUT2D eigenvalue weighted by molar-refractivity contribution is 5.69. The van der Waals surface area contributed by atoms with Crippen LogP contribution in [0.25, 0.3) is 17.8 Å². The molecule has 2 aromatic rings. The van der Waals surface area contributed by atoms with Crippen LogP contribution in [0, 0.1) is 0 Å². The first kappa shape index (κ1) is 9.64. The molecule has 0 fully saturated rings. The summed E-state index contributed by atoms with van der Waals surface area (Å²) in [5.74, 6) is 0. The normalized spacial score (nSPS) is 10.9. The fraction of sp³-hybridized carbons (Fsp3) is 0.300. The molecule has 0 aromatic carbocycles. The topological polar surface area (TPSA) is 43.0 Å². The lowest BCUT2D eigenvalue weighted by molar-refractivity contribution is 0.464. The zero-order valence-corrected chi connectivity index (χ0v) is 9.28. The molecule has 0 atom stereocenters. The van der Waals surface area contributed by atoms with Gasteiger partial charge in [-0.05, 0) is 12.5 Å². The Morgan fingerprint density at radius 1 is 1.47 bits per heavy atom. The molecule has 0 saturated carbocycles. The van der Waals surface area contributed by atoms with Crippen LogP contribution in [-0.2, 0) is 14.1 Å². The largest absolute Gasteiger partial charge is 0.268 e. The van der Waals surface area contributed by atoms with Crippen LogP contribution in [0.15, 0.2) is 12.9 Å². The monoisotopic (exact) mass is 205 g/mol. The summed E-state index contributed by atoms with van der Waals surface area (Å²) in [4.78, 5) is 6.16. The molecule has 0 radical (unpaired) electrons. The Kier molecular flexibility index (Phi) is 1.96. The minimum Gasteiger partial charge on any atom is -0.268 e. The summed E-state index contributed by atoms with van der Waals surface area (Å²) in [7, 11) is 3.85. The van der Waals surface area contributed by atoms with Crippen LogP contribution < -0.4 is 5.48 Å². The number of rotatable bonds is 1. The number of nitrogens with zero attached hydrogens (tertiary/aromatic N) is 4. The Labute approximate surface area is 87.6 Å². The SMILES string of the molecule is C=C(C)c1ncn2c(=C)n(C)n(C)[nH]c12. The van der Waals surface area contributed by atoms with E-state index in [1.807, 2.05) is 34.9 Å². The third-order valence-corrected chi connectivity index (χ3v) is 2.54. The molecule has 0 aliphatic heterocycles. The Bertz CT molecular complexity index is 602. The van der Waals surface area contributed by atoms with Crippen molar-refractivity contribution >= 4 is 17.8 Å². The van der Waals surface area contributed by atoms with Crippen molar-refractivity contribution in [1.29, 1.82) is 0 Å². The van der Waals surface area contributed by atoms with Gasteiger partial charge in [0.15, 0.2) is 5.65 Å². The summed E-state index contributed by atoms with van der Waals surface area (Å²) in [6.45, 7) is 9.83. The van der Waals surface area contributed by atoms with Crippen LogP contribution in [-0.4, -0.2) is 24.0 Å². The summed E-state index contributed by atoms with van der Waals surface area (Å²) in [6, 6.07) is 0. The number of aryl methyl sites for hydroxylation is 1. The van der Waals surface area contributed by atoms with Crippen LogP contribution in [0.4, 0.5) is 0 Å². The second-order valence-corrected chi connectivity index (χ2v) is 3.67. The quantitative estimate of drug-likeness (QED) is 0.729. The van der Waals surface area contributed by atoms with E-state index in [1.165, 1.54) is 0 Å². The zero-order chi connectivity index (χ0) is 11.2. The van der Waals surface area contributed by atoms with E-state index in [-0.39, 0.29) is 0 Å². The molecular formula is C10H15N5. The number of aromatic nitrogens is 5. The Hall–Kier alpha value is -1.91. The molecule has 1 N–H and O–H groups in total. The smallest absolute Gasteiger partial charge is 0.159 e. The molecule has 0 amide bonds. The lowest BCUT2D eigenvalue weighted by atomic mass is 10.2. The highest BCUT2D eigenvalue weighted by atomic mass is 15.5. The molecule has 2 rings (SSSR count). The number of allylic oxidation sites excluding steroid dienone is 1. The Balaban J connectivity index is 2.96. The molecule has 5 nitrogen and oxygen atoms in total. The maximum Gasteiger partial charge on any atom is 0.159 e. The van der Waals surface area contributed by atoms with E-state index in [0.717, 1.165) is 22.4 Å². The molecule has 0 bridgehead atoms. The summed E-state index contributed by atoms with van der Waals surface area (Å²) < 4.78 is 3.81. The second-order valence-electron chi connectivity index (χ2n) is 3.67. The molecule has 2 aromatic heterocycles. The van der Waals surface area contributed by atoms with Gasteiger partial charge in [0, 0.05) is 14.1 Å². The average Bonchev–Trinajstić information content (AvgIpc) is 2.58. The minimum atomic E-state index is 0.853. The number of hydrogen-bond acceptors (Lipinski definition) is 1. The Morgan fingerprint density at radius 3 is 2.73 bits per heavy atom. The van der Waals surface area contributed by atoms with Crippen molar-refractivity contribution in [3.05, 3.63) is 24.1 Å². The molecule has 0 unspecified atom stereocenters. The van der Waals surface area contributed by atoms with E-state index in [1.54, 1.807) is 6.33 Å². The molecule has 0 aliphatic rings. The highest BCUT2D eigenvalue weighted by Crippen LogP contribution is 2.12. The first-order valence-corrected chi connectivity index (χ1v) is 4.69. The first-order valence-electron chi connectivity index (χ1n) is 4.69. The molecule has 80 valence electrons. The van der Waals surface area contributed by atoms with Gasteiger partial charge in [-0.3, -0.25) is 14.2 Å². The van der Waals surface area contributed by atoms with Crippen molar-refractivity contribution in [3.8, 4) is 0 Å². The van der Waals surface area contributed by atoms with Crippen molar-refractivity contribution in [2.45, 2.75) is 6.92 Å². The second kappa shape index (κ2) is 3.05. The molecule has 0 spiro atoms. The van der Waals surface area contributed by atoms with Gasteiger partial charge in [0.2, 0.25) is 0 Å². The van der Waals surface area contributed by atoms with Gasteiger partial charge in [-0.1, -0.05) is 13.2 Å². The fourth-order valence-electron chi connectivity index (χ4n) is 1.52. The van der Waals surface area contributed by atoms with Crippen molar-refractivity contribution in [2.24, 2.45) is 14.1 Å². The van der Waals surface area contributed by atoms with Gasteiger partial charge in [-0.25, -0.2) is 9.78 Å². The van der Waals surface area contributed by atoms with Crippen molar-refractivity contribution in [2.75, 3.05) is 0 Å². The highest BCUT2D eigenvalue weighted by Gasteiger charge is 2.06. The molecule has 15 heavy (non-hydrogen) atoms. The summed E-state index contributed by atoms with van der Waals surface area (Å²) in [6.07, 6.45) is 1.75.